The van der Waals surface area contributed by atoms with Crippen molar-refractivity contribution in [2.45, 2.75) is 96.7 Å². The molecule has 2 bridgehead atoms. The lowest BCUT2D eigenvalue weighted by Crippen LogP contribution is -2.67. The normalized spacial score (nSPS) is 35.8. The Balaban J connectivity index is 1.84. The van der Waals surface area contributed by atoms with Crippen molar-refractivity contribution in [1.82, 2.24) is 0 Å². The van der Waals surface area contributed by atoms with E-state index in [1.165, 1.54) is 14.2 Å². The highest BCUT2D eigenvalue weighted by Gasteiger charge is 2.67. The summed E-state index contributed by atoms with van der Waals surface area (Å²) in [7, 11) is 2.92. The van der Waals surface area contributed by atoms with Crippen molar-refractivity contribution in [3.63, 3.8) is 0 Å². The number of hydrogen-bond acceptors (Lipinski definition) is 8. The molecule has 1 N–H and O–H groups in total. The Hall–Kier alpha value is -2.31. The van der Waals surface area contributed by atoms with Crippen molar-refractivity contribution in [3.8, 4) is 0 Å². The van der Waals surface area contributed by atoms with Gasteiger partial charge < -0.3 is 24.1 Å². The van der Waals surface area contributed by atoms with Crippen LogP contribution < -0.4 is 0 Å². The summed E-state index contributed by atoms with van der Waals surface area (Å²) >= 11 is 0. The zero-order chi connectivity index (χ0) is 32.7. The molecule has 1 unspecified atom stereocenters. The zero-order valence-corrected chi connectivity index (χ0v) is 26.5. The number of aliphatic hydroxyl groups is 1. The van der Waals surface area contributed by atoms with Gasteiger partial charge in [0, 0.05) is 44.8 Å². The quantitative estimate of drug-likeness (QED) is 0.310. The summed E-state index contributed by atoms with van der Waals surface area (Å²) in [5.74, 6) is -2.86. The molecule has 11 heteroatoms. The summed E-state index contributed by atoms with van der Waals surface area (Å²) < 4.78 is 70.3. The molecule has 1 saturated heterocycles. The molecule has 1 heterocycles. The summed E-state index contributed by atoms with van der Waals surface area (Å²) in [4.78, 5) is 27.8. The van der Waals surface area contributed by atoms with Crippen LogP contribution in [0.3, 0.4) is 0 Å². The lowest BCUT2D eigenvalue weighted by molar-refractivity contribution is -0.338. The molecule has 1 aromatic rings. The van der Waals surface area contributed by atoms with Crippen LogP contribution in [0.4, 0.5) is 13.2 Å². The van der Waals surface area contributed by atoms with E-state index in [1.807, 2.05) is 30.3 Å². The van der Waals surface area contributed by atoms with Crippen LogP contribution in [-0.4, -0.2) is 80.7 Å². The largest absolute Gasteiger partial charge is 0.523 e. The van der Waals surface area contributed by atoms with Gasteiger partial charge in [0.05, 0.1) is 36.4 Å². The number of benzene rings is 1. The summed E-state index contributed by atoms with van der Waals surface area (Å²) in [6.45, 7) is 8.32. The van der Waals surface area contributed by atoms with E-state index >= 15 is 0 Å². The first-order valence-corrected chi connectivity index (χ1v) is 15.1. The van der Waals surface area contributed by atoms with Crippen LogP contribution >= 0.6 is 0 Å². The third-order valence-electron chi connectivity index (χ3n) is 10.6. The second-order valence-electron chi connectivity index (χ2n) is 13.2. The average Bonchev–Trinajstić information content (AvgIpc) is 3.09. The van der Waals surface area contributed by atoms with E-state index < -0.39 is 70.8 Å². The highest BCUT2D eigenvalue weighted by atomic mass is 19.4. The fraction of sp³-hybridized carbons (Fsp3) is 0.697. The van der Waals surface area contributed by atoms with Crippen LogP contribution in [0, 0.1) is 22.7 Å². The van der Waals surface area contributed by atoms with Gasteiger partial charge in [-0.2, -0.15) is 0 Å². The first-order valence-electron chi connectivity index (χ1n) is 15.1. The number of ketones is 1. The Kier molecular flexibility index (Phi) is 10.1. The van der Waals surface area contributed by atoms with Crippen molar-refractivity contribution in [1.29, 1.82) is 0 Å². The smallest absolute Gasteiger partial charge is 0.458 e. The van der Waals surface area contributed by atoms with Gasteiger partial charge in [0.25, 0.3) is 0 Å². The predicted molar refractivity (Wildman–Crippen MR) is 154 cm³/mol. The minimum absolute atomic E-state index is 0.0329. The summed E-state index contributed by atoms with van der Waals surface area (Å²) in [6, 6.07) is 9.35. The second-order valence-corrected chi connectivity index (χ2v) is 13.2. The van der Waals surface area contributed by atoms with E-state index in [1.54, 1.807) is 34.6 Å². The Morgan fingerprint density at radius 3 is 2.39 bits per heavy atom. The van der Waals surface area contributed by atoms with Gasteiger partial charge in [-0.1, -0.05) is 51.1 Å². The predicted octanol–water partition coefficient (Wildman–Crippen LogP) is 5.21. The monoisotopic (exact) mass is 626 g/mol. The Morgan fingerprint density at radius 2 is 1.80 bits per heavy atom. The fourth-order valence-electron chi connectivity index (χ4n) is 7.96. The van der Waals surface area contributed by atoms with Crippen molar-refractivity contribution < 1.29 is 51.6 Å². The number of carbonyl (C=O) groups is 2. The van der Waals surface area contributed by atoms with E-state index in [2.05, 4.69) is 0 Å². The van der Waals surface area contributed by atoms with Gasteiger partial charge in [-0.05, 0) is 42.9 Å². The van der Waals surface area contributed by atoms with E-state index in [-0.39, 0.29) is 43.6 Å². The molecule has 0 aromatic heterocycles. The first kappa shape index (κ1) is 34.6. The minimum Gasteiger partial charge on any atom is -0.458 e. The SMILES string of the molecule is COC[C@H]1C[C@H](OC)[C@@]2(C)C(=O)[C@H](OC(F)(F)F)C3=C(C)[C@@H](OC(=O)CCc4ccccc4)C[C@@](O)([C@@H](C)C2CO1)C3(C)C. The highest BCUT2D eigenvalue weighted by Crippen LogP contribution is 2.60. The van der Waals surface area contributed by atoms with Gasteiger partial charge in [0.15, 0.2) is 5.78 Å². The molecular formula is C33H45F3O8. The van der Waals surface area contributed by atoms with E-state index in [4.69, 9.17) is 23.7 Å². The minimum atomic E-state index is -5.18. The van der Waals surface area contributed by atoms with Crippen LogP contribution in [0.5, 0.6) is 0 Å². The topological polar surface area (TPSA) is 101 Å². The Labute approximate surface area is 257 Å². The Morgan fingerprint density at radius 1 is 1.14 bits per heavy atom. The molecule has 1 aliphatic heterocycles. The molecule has 2 fully saturated rings. The lowest BCUT2D eigenvalue weighted by Gasteiger charge is -2.60. The number of alkyl halides is 3. The lowest BCUT2D eigenvalue weighted by atomic mass is 9.48. The van der Waals surface area contributed by atoms with Crippen molar-refractivity contribution in [2.75, 3.05) is 27.4 Å². The first-order chi connectivity index (χ1) is 20.5. The standard InChI is InChI=1S/C33H45F3O8/c1-19-24(43-26(37)14-13-21-11-9-8-10-12-21)16-32(39)20(2)23-18-42-22(17-40-6)15-25(41-7)31(23,5)29(38)28(44-33(34,35)36)27(19)30(32,3)4/h8-12,20,22-25,28,39H,13-18H2,1-7H3/t20-,22+,23?,24-,25-,28+,31-,32+/m0/s1. The molecule has 8 nitrogen and oxygen atoms in total. The number of esters is 1. The van der Waals surface area contributed by atoms with Crippen molar-refractivity contribution in [3.05, 3.63) is 47.0 Å². The van der Waals surface area contributed by atoms with Gasteiger partial charge in [0.1, 0.15) is 12.2 Å². The van der Waals surface area contributed by atoms with Crippen LogP contribution in [-0.2, 0) is 39.7 Å². The Bertz CT molecular complexity index is 1230. The molecule has 246 valence electrons. The molecular weight excluding hydrogens is 581 g/mol. The number of carbonyl (C=O) groups excluding carboxylic acids is 2. The molecule has 0 amide bonds. The van der Waals surface area contributed by atoms with Gasteiger partial charge >= 0.3 is 12.3 Å². The molecule has 1 aromatic carbocycles. The molecule has 44 heavy (non-hydrogen) atoms. The number of aryl methyl sites for hydroxylation is 1. The molecule has 0 radical (unpaired) electrons. The maximum absolute atomic E-state index is 14.7. The molecule has 0 spiro atoms. The summed E-state index contributed by atoms with van der Waals surface area (Å²) in [5.41, 5.74) is -3.48. The van der Waals surface area contributed by atoms with E-state index in [9.17, 15) is 27.9 Å². The van der Waals surface area contributed by atoms with E-state index in [0.29, 0.717) is 6.42 Å². The summed E-state index contributed by atoms with van der Waals surface area (Å²) in [5, 5.41) is 12.7. The van der Waals surface area contributed by atoms with Gasteiger partial charge in [-0.25, -0.2) is 0 Å². The van der Waals surface area contributed by atoms with Crippen molar-refractivity contribution >= 4 is 11.8 Å². The van der Waals surface area contributed by atoms with Gasteiger partial charge in [-0.15, -0.1) is 13.2 Å². The van der Waals surface area contributed by atoms with Crippen LogP contribution in [0.1, 0.15) is 59.4 Å². The molecule has 2 aliphatic carbocycles. The van der Waals surface area contributed by atoms with Gasteiger partial charge in [-0.3, -0.25) is 14.3 Å². The molecule has 8 atom stereocenters. The fourth-order valence-corrected chi connectivity index (χ4v) is 7.96. The van der Waals surface area contributed by atoms with Crippen molar-refractivity contribution in [2.24, 2.45) is 22.7 Å². The highest BCUT2D eigenvalue weighted by molar-refractivity contribution is 5.93. The number of rotatable bonds is 8. The van der Waals surface area contributed by atoms with Crippen LogP contribution in [0.25, 0.3) is 0 Å². The third kappa shape index (κ3) is 6.23. The van der Waals surface area contributed by atoms with Gasteiger partial charge in [0.2, 0.25) is 0 Å². The number of Topliss-reactive ketones (excluding diaryl/α,β-unsaturated/α-hetero) is 1. The van der Waals surface area contributed by atoms with E-state index in [0.717, 1.165) is 5.56 Å². The van der Waals surface area contributed by atoms with Crippen LogP contribution in [0.2, 0.25) is 0 Å². The maximum Gasteiger partial charge on any atom is 0.523 e. The molecule has 1 saturated carbocycles. The molecule has 3 aliphatic rings. The number of hydrogen-bond donors (Lipinski definition) is 1. The number of methoxy groups -OCH3 is 2. The number of halogens is 3. The van der Waals surface area contributed by atoms with Crippen LogP contribution in [0.15, 0.2) is 41.5 Å². The number of fused-ring (bicyclic) bond motifs is 3. The molecule has 4 rings (SSSR count). The third-order valence-corrected chi connectivity index (χ3v) is 10.6. The summed E-state index contributed by atoms with van der Waals surface area (Å²) in [6.07, 6.45) is -9.16. The second kappa shape index (κ2) is 12.8. The average molecular weight is 627 g/mol. The number of ether oxygens (including phenoxy) is 5. The zero-order valence-electron chi connectivity index (χ0n) is 26.5. The maximum atomic E-state index is 14.7.